The maximum absolute atomic E-state index is 0. The van der Waals surface area contributed by atoms with E-state index in [4.69, 9.17) is 0 Å². The third kappa shape index (κ3) is 30.3. The van der Waals surface area contributed by atoms with Gasteiger partial charge in [-0.05, 0) is 0 Å². The monoisotopic (exact) mass is 353 g/mol. The molecule has 0 saturated carbocycles. The van der Waals surface area contributed by atoms with Gasteiger partial charge in [-0.25, -0.2) is 0 Å². The largest absolute Gasteiger partial charge is 4.00 e. The van der Waals surface area contributed by atoms with E-state index in [1.165, 1.54) is 0 Å². The van der Waals surface area contributed by atoms with E-state index in [1.54, 1.807) is 0 Å². The van der Waals surface area contributed by atoms with Gasteiger partial charge in [0, 0.05) is 66.6 Å². The van der Waals surface area contributed by atoms with Gasteiger partial charge in [-0.1, -0.05) is 0 Å². The van der Waals surface area contributed by atoms with Gasteiger partial charge in [-0.15, -0.1) is 0 Å². The molecule has 3 radical (unpaired) electrons. The molecule has 0 aromatic rings. The van der Waals surface area contributed by atoms with E-state index in [9.17, 15) is 0 Å². The minimum atomic E-state index is 0. The number of hydrogen-bond donors (Lipinski definition) is 0. The van der Waals surface area contributed by atoms with E-state index in [-0.39, 0.29) is 95.1 Å². The van der Waals surface area contributed by atoms with Crippen LogP contribution in [0.1, 0.15) is 0 Å². The van der Waals surface area contributed by atoms with Crippen molar-refractivity contribution >= 4 is 37.4 Å². The Morgan fingerprint density at radius 2 is 0.833 bits per heavy atom. The zero-order chi connectivity index (χ0) is 0. The predicted molar refractivity (Wildman–Crippen MR) is 12.9 cm³/mol. The van der Waals surface area contributed by atoms with Crippen LogP contribution in [0.5, 0.6) is 0 Å². The van der Waals surface area contributed by atoms with Crippen molar-refractivity contribution in [2.24, 2.45) is 0 Å². The summed E-state index contributed by atoms with van der Waals surface area (Å²) >= 11 is 0. The van der Waals surface area contributed by atoms with Crippen LogP contribution < -0.4 is 0 Å². The summed E-state index contributed by atoms with van der Waals surface area (Å²) in [7, 11) is 0. The van der Waals surface area contributed by atoms with Gasteiger partial charge in [0.1, 0.15) is 0 Å². The van der Waals surface area contributed by atoms with Crippen molar-refractivity contribution in [2.45, 2.75) is 0 Å². The molecule has 0 aliphatic carbocycles. The Morgan fingerprint density at radius 3 is 0.833 bits per heavy atom. The van der Waals surface area contributed by atoms with Crippen molar-refractivity contribution in [1.29, 1.82) is 0 Å². The summed E-state index contributed by atoms with van der Waals surface area (Å²) in [5.74, 6) is 0. The standard InChI is InChI=1S/Cd.Ga.Ge.2O.Zn/q;;+4;2*-2;. The molecule has 0 aromatic carbocycles. The van der Waals surface area contributed by atoms with E-state index in [1.807, 2.05) is 0 Å². The first kappa shape index (κ1) is 72.2. The molecule has 0 spiro atoms. The Balaban J connectivity index is 0. The van der Waals surface area contributed by atoms with Crippen LogP contribution >= 0.6 is 0 Å². The molecular formula is CdGaGeO2Zn. The van der Waals surface area contributed by atoms with Crippen LogP contribution in [0.15, 0.2) is 0 Å². The number of rotatable bonds is 0. The molecule has 0 amide bonds. The summed E-state index contributed by atoms with van der Waals surface area (Å²) in [6, 6.07) is 0. The van der Waals surface area contributed by atoms with Crippen molar-refractivity contribution in [1.82, 2.24) is 0 Å². The third-order valence-corrected chi connectivity index (χ3v) is 0. The molecule has 0 aliphatic heterocycles. The molecule has 0 heterocycles. The van der Waals surface area contributed by atoms with Crippen LogP contribution in [0.2, 0.25) is 0 Å². The second-order valence-electron chi connectivity index (χ2n) is 0. The molecule has 0 unspecified atom stereocenters. The van der Waals surface area contributed by atoms with Crippen molar-refractivity contribution < 1.29 is 57.7 Å². The minimum absolute atomic E-state index is 0. The molecule has 0 aliphatic rings. The molecule has 0 bridgehead atoms. The van der Waals surface area contributed by atoms with Gasteiger partial charge in [0.05, 0.1) is 0 Å². The van der Waals surface area contributed by atoms with Gasteiger partial charge in [0.25, 0.3) is 0 Å². The Hall–Kier alpha value is 2.64. The van der Waals surface area contributed by atoms with Gasteiger partial charge < -0.3 is 11.0 Å². The van der Waals surface area contributed by atoms with Crippen LogP contribution in [0.25, 0.3) is 0 Å². The Morgan fingerprint density at radius 1 is 0.833 bits per heavy atom. The van der Waals surface area contributed by atoms with Gasteiger partial charge in [0.15, 0.2) is 0 Å². The van der Waals surface area contributed by atoms with Crippen LogP contribution in [0, 0.1) is 0 Å². The SMILES string of the molecule is [Cd].[Ga].[Ge+4].[O-2].[O-2].[Zn]. The zero-order valence-electron chi connectivity index (χ0n) is 3.31. The van der Waals surface area contributed by atoms with E-state index in [0.717, 1.165) is 0 Å². The normalized spacial score (nSPS) is 0. The molecule has 0 aromatic heterocycles. The van der Waals surface area contributed by atoms with E-state index in [2.05, 4.69) is 0 Å². The summed E-state index contributed by atoms with van der Waals surface area (Å²) in [6.07, 6.45) is 0. The molecule has 6 heteroatoms. The quantitative estimate of drug-likeness (QED) is 0.502. The maximum atomic E-state index is 0. The predicted octanol–water partition coefficient (Wildman–Crippen LogP) is -1.00. The summed E-state index contributed by atoms with van der Waals surface area (Å²) in [6.45, 7) is 0. The van der Waals surface area contributed by atoms with Gasteiger partial charge in [0.2, 0.25) is 0 Å². The smallest absolute Gasteiger partial charge is 2.00 e. The zero-order valence-corrected chi connectivity index (χ0v) is 14.8. The third-order valence-electron chi connectivity index (χ3n) is 0. The Kier molecular flexibility index (Phi) is 581. The second kappa shape index (κ2) is 48.3. The fourth-order valence-corrected chi connectivity index (χ4v) is 0. The Bertz CT molecular complexity index is 13.5. The maximum Gasteiger partial charge on any atom is 4.00 e. The molecular weight excluding hydrogens is 352 g/mol. The van der Waals surface area contributed by atoms with Crippen molar-refractivity contribution in [2.75, 3.05) is 0 Å². The fourth-order valence-electron chi connectivity index (χ4n) is 0. The molecule has 23 valence electrons. The van der Waals surface area contributed by atoms with Crippen molar-refractivity contribution in [3.8, 4) is 0 Å². The molecule has 0 rings (SSSR count). The average molecular weight is 352 g/mol. The van der Waals surface area contributed by atoms with Crippen LogP contribution in [0.4, 0.5) is 0 Å². The molecule has 2 nitrogen and oxygen atoms in total. The second-order valence-corrected chi connectivity index (χ2v) is 0. The molecule has 6 heavy (non-hydrogen) atoms. The summed E-state index contributed by atoms with van der Waals surface area (Å²) in [5, 5.41) is 0. The van der Waals surface area contributed by atoms with Gasteiger partial charge in [-0.2, -0.15) is 0 Å². The first-order chi connectivity index (χ1) is 0. The molecule has 0 N–H and O–H groups in total. The summed E-state index contributed by atoms with van der Waals surface area (Å²) in [5.41, 5.74) is 0. The summed E-state index contributed by atoms with van der Waals surface area (Å²) < 4.78 is 0. The van der Waals surface area contributed by atoms with Crippen LogP contribution in [-0.4, -0.2) is 37.4 Å². The molecule has 0 atom stereocenters. The first-order valence-corrected chi connectivity index (χ1v) is 0. The molecule has 0 saturated heterocycles. The number of hydrogen-bond acceptors (Lipinski definition) is 0. The van der Waals surface area contributed by atoms with Gasteiger partial charge >= 0.3 is 17.6 Å². The topological polar surface area (TPSA) is 57.0 Å². The average Bonchev–Trinajstić information content (AvgIpc) is 0. The van der Waals surface area contributed by atoms with Crippen molar-refractivity contribution in [3.63, 3.8) is 0 Å². The first-order valence-electron chi connectivity index (χ1n) is 0. The Labute approximate surface area is 93.8 Å². The fraction of sp³-hybridized carbons (Fsp3) is 0. The minimum Gasteiger partial charge on any atom is -2.00 e. The van der Waals surface area contributed by atoms with Gasteiger partial charge in [-0.3, -0.25) is 0 Å². The van der Waals surface area contributed by atoms with E-state index in [0.29, 0.717) is 0 Å². The summed E-state index contributed by atoms with van der Waals surface area (Å²) in [4.78, 5) is 0. The van der Waals surface area contributed by atoms with Crippen LogP contribution in [0.3, 0.4) is 0 Å². The molecule has 0 fully saturated rings. The van der Waals surface area contributed by atoms with E-state index >= 15 is 0 Å². The van der Waals surface area contributed by atoms with Crippen molar-refractivity contribution in [3.05, 3.63) is 0 Å². The van der Waals surface area contributed by atoms with E-state index < -0.39 is 0 Å². The van der Waals surface area contributed by atoms with Crippen LogP contribution in [-0.2, 0) is 57.7 Å².